The van der Waals surface area contributed by atoms with Crippen molar-refractivity contribution in [3.63, 3.8) is 0 Å². The Balaban J connectivity index is 2.23. The van der Waals surface area contributed by atoms with E-state index in [2.05, 4.69) is 10.1 Å². The molecule has 3 nitrogen and oxygen atoms in total. The second-order valence-corrected chi connectivity index (χ2v) is 3.50. The van der Waals surface area contributed by atoms with Crippen molar-refractivity contribution in [3.05, 3.63) is 59.4 Å². The highest BCUT2D eigenvalue weighted by atomic mass is 19.2. The van der Waals surface area contributed by atoms with Gasteiger partial charge in [-0.25, -0.2) is 17.6 Å². The highest BCUT2D eigenvalue weighted by Gasteiger charge is 2.18. The standard InChI is InChI=1S/C12H7F4N3/c13-8-4-9(14)11(16)12(10(8)15)19-18-6-7-2-1-3-17-5-7/h1-6,19H/b18-6+. The zero-order valence-corrected chi connectivity index (χ0v) is 9.37. The largest absolute Gasteiger partial charge is 0.272 e. The molecule has 2 rings (SSSR count). The Hall–Kier alpha value is -2.44. The third-order valence-corrected chi connectivity index (χ3v) is 2.19. The molecule has 0 spiro atoms. The molecule has 7 heteroatoms. The fraction of sp³-hybridized carbons (Fsp3) is 0. The van der Waals surface area contributed by atoms with E-state index in [9.17, 15) is 17.6 Å². The highest BCUT2D eigenvalue weighted by Crippen LogP contribution is 2.23. The Morgan fingerprint density at radius 1 is 1.11 bits per heavy atom. The quantitative estimate of drug-likeness (QED) is 0.402. The number of nitrogens with one attached hydrogen (secondary N) is 1. The Morgan fingerprint density at radius 3 is 2.37 bits per heavy atom. The van der Waals surface area contributed by atoms with E-state index in [1.165, 1.54) is 18.6 Å². The average Bonchev–Trinajstić information content (AvgIpc) is 2.42. The topological polar surface area (TPSA) is 37.3 Å². The predicted molar refractivity (Wildman–Crippen MR) is 61.7 cm³/mol. The lowest BCUT2D eigenvalue weighted by Gasteiger charge is -2.05. The summed E-state index contributed by atoms with van der Waals surface area (Å²) in [6.07, 6.45) is 4.19. The average molecular weight is 269 g/mol. The second-order valence-electron chi connectivity index (χ2n) is 3.50. The fourth-order valence-electron chi connectivity index (χ4n) is 1.30. The van der Waals surface area contributed by atoms with Gasteiger partial charge in [0.25, 0.3) is 0 Å². The molecule has 1 aromatic heterocycles. The van der Waals surface area contributed by atoms with Gasteiger partial charge in [-0.1, -0.05) is 6.07 Å². The van der Waals surface area contributed by atoms with Crippen molar-refractivity contribution >= 4 is 11.9 Å². The zero-order chi connectivity index (χ0) is 13.8. The van der Waals surface area contributed by atoms with E-state index in [1.54, 1.807) is 12.1 Å². The van der Waals surface area contributed by atoms with Crippen molar-refractivity contribution in [2.24, 2.45) is 5.10 Å². The Morgan fingerprint density at radius 2 is 1.79 bits per heavy atom. The lowest BCUT2D eigenvalue weighted by Crippen LogP contribution is -2.02. The van der Waals surface area contributed by atoms with Crippen LogP contribution in [0.1, 0.15) is 5.56 Å². The number of rotatable bonds is 3. The SMILES string of the molecule is Fc1cc(F)c(F)c(N/N=C/c2cccnc2)c1F. The van der Waals surface area contributed by atoms with Crippen molar-refractivity contribution in [2.45, 2.75) is 0 Å². The van der Waals surface area contributed by atoms with E-state index < -0.39 is 29.0 Å². The van der Waals surface area contributed by atoms with Crippen LogP contribution in [0.4, 0.5) is 23.2 Å². The van der Waals surface area contributed by atoms with Crippen LogP contribution in [0, 0.1) is 23.3 Å². The maximum atomic E-state index is 13.2. The Labute approximate surface area is 105 Å². The molecule has 0 radical (unpaired) electrons. The fourth-order valence-corrected chi connectivity index (χ4v) is 1.30. The molecule has 0 bridgehead atoms. The summed E-state index contributed by atoms with van der Waals surface area (Å²) in [6, 6.07) is 3.39. The van der Waals surface area contributed by atoms with Crippen LogP contribution in [-0.4, -0.2) is 11.2 Å². The molecule has 0 amide bonds. The van der Waals surface area contributed by atoms with Gasteiger partial charge in [-0.3, -0.25) is 10.4 Å². The summed E-state index contributed by atoms with van der Waals surface area (Å²) in [5.74, 6) is -6.08. The minimum Gasteiger partial charge on any atom is -0.272 e. The number of benzene rings is 1. The van der Waals surface area contributed by atoms with E-state index in [0.29, 0.717) is 5.56 Å². The molecule has 0 aliphatic carbocycles. The van der Waals surface area contributed by atoms with Crippen LogP contribution in [-0.2, 0) is 0 Å². The summed E-state index contributed by atoms with van der Waals surface area (Å²) in [5.41, 5.74) is 1.48. The van der Waals surface area contributed by atoms with Gasteiger partial charge in [-0.05, 0) is 6.07 Å². The van der Waals surface area contributed by atoms with Crippen molar-refractivity contribution < 1.29 is 17.6 Å². The summed E-state index contributed by atoms with van der Waals surface area (Å²) >= 11 is 0. The number of aromatic nitrogens is 1. The molecule has 0 atom stereocenters. The maximum absolute atomic E-state index is 13.2. The summed E-state index contributed by atoms with van der Waals surface area (Å²) in [7, 11) is 0. The van der Waals surface area contributed by atoms with Crippen LogP contribution in [0.5, 0.6) is 0 Å². The normalized spacial score (nSPS) is 10.9. The van der Waals surface area contributed by atoms with E-state index in [4.69, 9.17) is 0 Å². The molecule has 1 aromatic carbocycles. The van der Waals surface area contributed by atoms with Crippen LogP contribution in [0.2, 0.25) is 0 Å². The van der Waals surface area contributed by atoms with E-state index in [1.807, 2.05) is 5.43 Å². The number of hydrogen-bond acceptors (Lipinski definition) is 3. The van der Waals surface area contributed by atoms with Crippen LogP contribution in [0.25, 0.3) is 0 Å². The van der Waals surface area contributed by atoms with Gasteiger partial charge < -0.3 is 0 Å². The Kier molecular flexibility index (Phi) is 3.74. The first kappa shape index (κ1) is 13.0. The first-order chi connectivity index (χ1) is 9.09. The maximum Gasteiger partial charge on any atom is 0.186 e. The molecular weight excluding hydrogens is 262 g/mol. The molecule has 0 unspecified atom stereocenters. The van der Waals surface area contributed by atoms with E-state index >= 15 is 0 Å². The molecule has 98 valence electrons. The molecule has 0 aliphatic rings. The molecular formula is C12H7F4N3. The molecule has 1 heterocycles. The van der Waals surface area contributed by atoms with Crippen molar-refractivity contribution in [3.8, 4) is 0 Å². The molecule has 0 aliphatic heterocycles. The highest BCUT2D eigenvalue weighted by molar-refractivity contribution is 5.79. The summed E-state index contributed by atoms with van der Waals surface area (Å²) < 4.78 is 52.2. The van der Waals surface area contributed by atoms with Crippen molar-refractivity contribution in [1.29, 1.82) is 0 Å². The first-order valence-electron chi connectivity index (χ1n) is 5.11. The summed E-state index contributed by atoms with van der Waals surface area (Å²) in [4.78, 5) is 3.79. The van der Waals surface area contributed by atoms with Gasteiger partial charge in [-0.2, -0.15) is 5.10 Å². The number of halogens is 4. The van der Waals surface area contributed by atoms with Gasteiger partial charge in [-0.15, -0.1) is 0 Å². The van der Waals surface area contributed by atoms with Crippen LogP contribution in [0.15, 0.2) is 35.7 Å². The second kappa shape index (κ2) is 5.47. The first-order valence-corrected chi connectivity index (χ1v) is 5.11. The molecule has 1 N–H and O–H groups in total. The third kappa shape index (κ3) is 2.87. The summed E-state index contributed by atoms with van der Waals surface area (Å²) in [6.45, 7) is 0. The molecule has 2 aromatic rings. The number of anilines is 1. The molecule has 0 saturated heterocycles. The van der Waals surface area contributed by atoms with E-state index in [0.717, 1.165) is 0 Å². The van der Waals surface area contributed by atoms with Gasteiger partial charge >= 0.3 is 0 Å². The molecule has 0 fully saturated rings. The number of hydrazone groups is 1. The smallest absolute Gasteiger partial charge is 0.186 e. The summed E-state index contributed by atoms with van der Waals surface area (Å²) in [5, 5.41) is 3.49. The van der Waals surface area contributed by atoms with E-state index in [-0.39, 0.29) is 6.07 Å². The molecule has 19 heavy (non-hydrogen) atoms. The zero-order valence-electron chi connectivity index (χ0n) is 9.37. The number of nitrogens with zero attached hydrogens (tertiary/aromatic N) is 2. The van der Waals surface area contributed by atoms with Gasteiger partial charge in [0.05, 0.1) is 6.21 Å². The van der Waals surface area contributed by atoms with Crippen LogP contribution < -0.4 is 5.43 Å². The van der Waals surface area contributed by atoms with Gasteiger partial charge in [0.1, 0.15) is 5.69 Å². The third-order valence-electron chi connectivity index (χ3n) is 2.19. The van der Waals surface area contributed by atoms with Crippen molar-refractivity contribution in [1.82, 2.24) is 4.98 Å². The lowest BCUT2D eigenvalue weighted by molar-refractivity contribution is 0.458. The predicted octanol–water partition coefficient (Wildman–Crippen LogP) is 3.08. The Bertz CT molecular complexity index is 588. The van der Waals surface area contributed by atoms with Gasteiger partial charge in [0.2, 0.25) is 0 Å². The lowest BCUT2D eigenvalue weighted by atomic mass is 10.2. The number of hydrogen-bond donors (Lipinski definition) is 1. The minimum absolute atomic E-state index is 0.126. The van der Waals surface area contributed by atoms with Gasteiger partial charge in [0.15, 0.2) is 23.3 Å². The van der Waals surface area contributed by atoms with Crippen LogP contribution in [0.3, 0.4) is 0 Å². The minimum atomic E-state index is -1.54. The van der Waals surface area contributed by atoms with Crippen LogP contribution >= 0.6 is 0 Å². The monoisotopic (exact) mass is 269 g/mol. The van der Waals surface area contributed by atoms with Crippen molar-refractivity contribution in [2.75, 3.05) is 5.43 Å². The number of pyridine rings is 1. The van der Waals surface area contributed by atoms with Gasteiger partial charge in [0, 0.05) is 24.0 Å². The molecule has 0 saturated carbocycles.